The predicted octanol–water partition coefficient (Wildman–Crippen LogP) is 3.36. The maximum absolute atomic E-state index is 13.2. The van der Waals surface area contributed by atoms with Gasteiger partial charge < -0.3 is 9.05 Å². The van der Waals surface area contributed by atoms with Gasteiger partial charge in [0.15, 0.2) is 0 Å². The van der Waals surface area contributed by atoms with E-state index in [-0.39, 0.29) is 24.3 Å². The monoisotopic (exact) mass is 340 g/mol. The number of carbonyl (C=O) groups is 1. The molecule has 1 aliphatic rings. The summed E-state index contributed by atoms with van der Waals surface area (Å²) in [6.07, 6.45) is 1.12. The van der Waals surface area contributed by atoms with Gasteiger partial charge in [-0.15, -0.1) is 0 Å². The summed E-state index contributed by atoms with van der Waals surface area (Å²) >= 11 is 0. The summed E-state index contributed by atoms with van der Waals surface area (Å²) < 4.78 is 24.5. The number of carbonyl (C=O) groups excluding carboxylic acids is 1. The molecule has 2 heterocycles. The summed E-state index contributed by atoms with van der Waals surface area (Å²) in [5, 5.41) is 0. The van der Waals surface area contributed by atoms with Gasteiger partial charge in [-0.1, -0.05) is 6.07 Å². The maximum Gasteiger partial charge on any atom is 0.332 e. The lowest BCUT2D eigenvalue weighted by Crippen LogP contribution is -2.39. The molecule has 128 valence electrons. The molecule has 1 aromatic heterocycles. The molecule has 0 saturated carbocycles. The second-order valence-corrected chi connectivity index (χ2v) is 8.61. The standard InChI is InChI=1S/C16H25N2O4P/c1-11(2)21-23(20,22-12(3)4)10-16(5)13-8-7-9-17-14(13)18(6)15(16)19/h7-9,11-12H,10H2,1-6H3. The molecule has 1 atom stereocenters. The second kappa shape index (κ2) is 6.34. The van der Waals surface area contributed by atoms with Crippen molar-refractivity contribution in [3.63, 3.8) is 0 Å². The zero-order valence-electron chi connectivity index (χ0n) is 14.6. The Morgan fingerprint density at radius 1 is 1.26 bits per heavy atom. The third kappa shape index (κ3) is 3.49. The van der Waals surface area contributed by atoms with Gasteiger partial charge in [-0.05, 0) is 40.7 Å². The maximum atomic E-state index is 13.2. The first-order chi connectivity index (χ1) is 10.6. The fraction of sp³-hybridized carbons (Fsp3) is 0.625. The molecule has 1 amide bonds. The Hall–Kier alpha value is -1.23. The van der Waals surface area contributed by atoms with Crippen molar-refractivity contribution in [3.05, 3.63) is 23.9 Å². The molecule has 1 aliphatic heterocycles. The molecule has 0 radical (unpaired) electrons. The Kier molecular flexibility index (Phi) is 5.00. The van der Waals surface area contributed by atoms with Gasteiger partial charge >= 0.3 is 7.60 Å². The quantitative estimate of drug-likeness (QED) is 0.743. The Bertz CT molecular complexity index is 633. The minimum absolute atomic E-state index is 0.00176. The number of anilines is 1. The van der Waals surface area contributed by atoms with Crippen molar-refractivity contribution in [2.45, 2.75) is 52.2 Å². The van der Waals surface area contributed by atoms with Crippen molar-refractivity contribution in [2.75, 3.05) is 18.1 Å². The molecular weight excluding hydrogens is 315 g/mol. The zero-order chi connectivity index (χ0) is 17.4. The molecule has 2 rings (SSSR count). The summed E-state index contributed by atoms with van der Waals surface area (Å²) in [4.78, 5) is 18.6. The summed E-state index contributed by atoms with van der Waals surface area (Å²) in [5.41, 5.74) is -0.218. The predicted molar refractivity (Wildman–Crippen MR) is 89.9 cm³/mol. The molecule has 1 unspecified atom stereocenters. The fourth-order valence-corrected chi connectivity index (χ4v) is 5.52. The van der Waals surface area contributed by atoms with Crippen molar-refractivity contribution in [1.29, 1.82) is 0 Å². The molecule has 7 heteroatoms. The number of hydrogen-bond donors (Lipinski definition) is 0. The highest BCUT2D eigenvalue weighted by molar-refractivity contribution is 7.54. The average Bonchev–Trinajstić information content (AvgIpc) is 2.59. The molecule has 0 N–H and O–H groups in total. The Morgan fingerprint density at radius 2 is 1.83 bits per heavy atom. The van der Waals surface area contributed by atoms with Crippen LogP contribution < -0.4 is 4.90 Å². The van der Waals surface area contributed by atoms with E-state index < -0.39 is 13.0 Å². The van der Waals surface area contributed by atoms with Gasteiger partial charge in [-0.25, -0.2) is 4.98 Å². The van der Waals surface area contributed by atoms with Crippen LogP contribution >= 0.6 is 7.60 Å². The SMILES string of the molecule is CC(C)OP(=O)(CC1(C)C(=O)N(C)c2ncccc21)OC(C)C. The first-order valence-corrected chi connectivity index (χ1v) is 9.51. The molecule has 6 nitrogen and oxygen atoms in total. The zero-order valence-corrected chi connectivity index (χ0v) is 15.5. The van der Waals surface area contributed by atoms with E-state index in [4.69, 9.17) is 9.05 Å². The topological polar surface area (TPSA) is 68.7 Å². The van der Waals surface area contributed by atoms with Crippen LogP contribution in [0.3, 0.4) is 0 Å². The second-order valence-electron chi connectivity index (χ2n) is 6.65. The highest BCUT2D eigenvalue weighted by atomic mass is 31.2. The normalized spacial score (nSPS) is 21.4. The van der Waals surface area contributed by atoms with E-state index in [1.54, 1.807) is 53.9 Å². The molecule has 1 aromatic rings. The lowest BCUT2D eigenvalue weighted by atomic mass is 9.87. The summed E-state index contributed by atoms with van der Waals surface area (Å²) in [5.74, 6) is 0.451. The van der Waals surface area contributed by atoms with Gasteiger partial charge in [0.25, 0.3) is 0 Å². The van der Waals surface area contributed by atoms with Crippen LogP contribution in [0.2, 0.25) is 0 Å². The number of rotatable bonds is 6. The van der Waals surface area contributed by atoms with Crippen molar-refractivity contribution in [1.82, 2.24) is 4.98 Å². The average molecular weight is 340 g/mol. The first kappa shape index (κ1) is 18.1. The van der Waals surface area contributed by atoms with Gasteiger partial charge in [0.1, 0.15) is 5.82 Å². The van der Waals surface area contributed by atoms with Crippen LogP contribution in [0, 0.1) is 0 Å². The first-order valence-electron chi connectivity index (χ1n) is 7.78. The number of likely N-dealkylation sites (N-methyl/N-ethyl adjacent to an activating group) is 1. The number of amides is 1. The van der Waals surface area contributed by atoms with Crippen LogP contribution in [0.5, 0.6) is 0 Å². The smallest absolute Gasteiger partial charge is 0.306 e. The van der Waals surface area contributed by atoms with E-state index >= 15 is 0 Å². The Labute approximate surface area is 137 Å². The van der Waals surface area contributed by atoms with Crippen LogP contribution in [0.1, 0.15) is 40.2 Å². The van der Waals surface area contributed by atoms with Crippen molar-refractivity contribution in [3.8, 4) is 0 Å². The van der Waals surface area contributed by atoms with Crippen molar-refractivity contribution >= 4 is 19.3 Å². The van der Waals surface area contributed by atoms with Crippen LogP contribution in [0.4, 0.5) is 5.82 Å². The highest BCUT2D eigenvalue weighted by Gasteiger charge is 2.52. The molecule has 0 bridgehead atoms. The van der Waals surface area contributed by atoms with Crippen LogP contribution in [0.25, 0.3) is 0 Å². The van der Waals surface area contributed by atoms with Gasteiger partial charge in [-0.2, -0.15) is 0 Å². The molecule has 0 saturated heterocycles. The molecule has 0 aliphatic carbocycles. The summed E-state index contributed by atoms with van der Waals surface area (Å²) in [7, 11) is -1.76. The van der Waals surface area contributed by atoms with E-state index in [1.807, 2.05) is 6.07 Å². The van der Waals surface area contributed by atoms with Crippen LogP contribution in [-0.2, 0) is 23.8 Å². The molecule has 0 aromatic carbocycles. The van der Waals surface area contributed by atoms with Gasteiger partial charge in [0.2, 0.25) is 5.91 Å². The van der Waals surface area contributed by atoms with E-state index in [9.17, 15) is 9.36 Å². The van der Waals surface area contributed by atoms with E-state index in [0.29, 0.717) is 5.82 Å². The largest absolute Gasteiger partial charge is 0.332 e. The third-order valence-corrected chi connectivity index (χ3v) is 6.23. The van der Waals surface area contributed by atoms with Gasteiger partial charge in [0.05, 0.1) is 23.8 Å². The van der Waals surface area contributed by atoms with E-state index in [1.165, 1.54) is 4.90 Å². The number of pyridine rings is 1. The highest BCUT2D eigenvalue weighted by Crippen LogP contribution is 2.57. The van der Waals surface area contributed by atoms with E-state index in [0.717, 1.165) is 5.56 Å². The number of aromatic nitrogens is 1. The van der Waals surface area contributed by atoms with Crippen LogP contribution in [0.15, 0.2) is 18.3 Å². The van der Waals surface area contributed by atoms with Gasteiger partial charge in [-0.3, -0.25) is 14.3 Å². The minimum Gasteiger partial charge on any atom is -0.306 e. The molecule has 0 spiro atoms. The molecule has 23 heavy (non-hydrogen) atoms. The van der Waals surface area contributed by atoms with Crippen LogP contribution in [-0.4, -0.2) is 36.3 Å². The van der Waals surface area contributed by atoms with Crippen molar-refractivity contribution in [2.24, 2.45) is 0 Å². The molecular formula is C16H25N2O4P. The lowest BCUT2D eigenvalue weighted by Gasteiger charge is -2.30. The number of hydrogen-bond acceptors (Lipinski definition) is 5. The summed E-state index contributed by atoms with van der Waals surface area (Å²) in [6.45, 7) is 8.99. The Balaban J connectivity index is 2.43. The van der Waals surface area contributed by atoms with Gasteiger partial charge in [0, 0.05) is 18.8 Å². The van der Waals surface area contributed by atoms with E-state index in [2.05, 4.69) is 4.98 Å². The third-order valence-electron chi connectivity index (χ3n) is 3.73. The minimum atomic E-state index is -3.44. The fourth-order valence-electron chi connectivity index (χ4n) is 2.96. The van der Waals surface area contributed by atoms with Crippen molar-refractivity contribution < 1.29 is 18.4 Å². The lowest BCUT2D eigenvalue weighted by molar-refractivity contribution is -0.121. The number of fused-ring (bicyclic) bond motifs is 1. The Morgan fingerprint density at radius 3 is 2.35 bits per heavy atom. The summed E-state index contributed by atoms with van der Waals surface area (Å²) in [6, 6.07) is 3.62. The molecule has 0 fully saturated rings. The number of nitrogens with zero attached hydrogens (tertiary/aromatic N) is 2.